The lowest BCUT2D eigenvalue weighted by Gasteiger charge is -2.19. The molecule has 0 atom stereocenters. The number of carbonyl (C=O) groups excluding carboxylic acids is 1. The molecule has 3 N–H and O–H groups in total. The van der Waals surface area contributed by atoms with Crippen LogP contribution in [-0.2, 0) is 4.79 Å². The van der Waals surface area contributed by atoms with Crippen LogP contribution in [0.3, 0.4) is 0 Å². The van der Waals surface area contributed by atoms with Crippen molar-refractivity contribution in [3.8, 4) is 0 Å². The highest BCUT2D eigenvalue weighted by Crippen LogP contribution is 2.08. The molecule has 0 rings (SSSR count). The molecule has 0 spiro atoms. The summed E-state index contributed by atoms with van der Waals surface area (Å²) in [6.45, 7) is 4.88. The molecule has 0 aliphatic heterocycles. The van der Waals surface area contributed by atoms with Crippen LogP contribution in [-0.4, -0.2) is 34.9 Å². The van der Waals surface area contributed by atoms with E-state index in [1.807, 2.05) is 6.92 Å². The number of nitrogens with zero attached hydrogens (tertiary/aromatic N) is 2. The number of oxime groups is 1. The molecule has 0 heterocycles. The second-order valence-electron chi connectivity index (χ2n) is 4.52. The molecule has 5 heteroatoms. The molecule has 0 aliphatic carbocycles. The molecule has 5 nitrogen and oxygen atoms in total. The van der Waals surface area contributed by atoms with Gasteiger partial charge in [0.1, 0.15) is 0 Å². The average molecular weight is 257 g/mol. The van der Waals surface area contributed by atoms with Gasteiger partial charge in [-0.25, -0.2) is 0 Å². The normalized spacial score (nSPS) is 11.6. The summed E-state index contributed by atoms with van der Waals surface area (Å²) in [5.74, 6) is 0.160. The Morgan fingerprint density at radius 3 is 2.33 bits per heavy atom. The van der Waals surface area contributed by atoms with Crippen molar-refractivity contribution in [2.75, 3.05) is 13.1 Å². The van der Waals surface area contributed by atoms with E-state index in [4.69, 9.17) is 10.9 Å². The first kappa shape index (κ1) is 16.7. The first-order chi connectivity index (χ1) is 8.65. The third-order valence-electron chi connectivity index (χ3n) is 2.96. The molecule has 0 aromatic rings. The van der Waals surface area contributed by atoms with Crippen molar-refractivity contribution in [2.24, 2.45) is 10.9 Å². The standard InChI is InChI=1S/C13H27N3O2/c1-3-5-6-7-8-9-10-13(17)16(4-2)11-12(14)15-18/h18H,3-11H2,1-2H3,(H2,14,15). The number of amides is 1. The summed E-state index contributed by atoms with van der Waals surface area (Å²) < 4.78 is 0. The monoisotopic (exact) mass is 257 g/mol. The highest BCUT2D eigenvalue weighted by Gasteiger charge is 2.12. The molecule has 1 amide bonds. The molecule has 0 unspecified atom stereocenters. The van der Waals surface area contributed by atoms with Gasteiger partial charge in [-0.1, -0.05) is 44.2 Å². The number of nitrogens with two attached hydrogens (primary N) is 1. The maximum Gasteiger partial charge on any atom is 0.222 e. The van der Waals surface area contributed by atoms with Gasteiger partial charge in [-0.2, -0.15) is 0 Å². The van der Waals surface area contributed by atoms with Crippen LogP contribution in [0.1, 0.15) is 58.8 Å². The summed E-state index contributed by atoms with van der Waals surface area (Å²) in [6.07, 6.45) is 7.56. The minimum atomic E-state index is 0.0770. The number of likely N-dealkylation sites (N-methyl/N-ethyl adjacent to an activating group) is 1. The van der Waals surface area contributed by atoms with Crippen LogP contribution in [0, 0.1) is 0 Å². The van der Waals surface area contributed by atoms with Gasteiger partial charge >= 0.3 is 0 Å². The van der Waals surface area contributed by atoms with Gasteiger partial charge in [0.2, 0.25) is 5.91 Å². The van der Waals surface area contributed by atoms with Crippen molar-refractivity contribution in [2.45, 2.75) is 58.8 Å². The highest BCUT2D eigenvalue weighted by atomic mass is 16.4. The maximum absolute atomic E-state index is 11.8. The molecule has 106 valence electrons. The van der Waals surface area contributed by atoms with Crippen molar-refractivity contribution >= 4 is 11.7 Å². The van der Waals surface area contributed by atoms with Crippen LogP contribution >= 0.6 is 0 Å². The minimum absolute atomic E-state index is 0.0770. The lowest BCUT2D eigenvalue weighted by atomic mass is 10.1. The number of amidine groups is 1. The van der Waals surface area contributed by atoms with Crippen LogP contribution in [0.25, 0.3) is 0 Å². The third kappa shape index (κ3) is 7.92. The Bertz CT molecular complexity index is 255. The Morgan fingerprint density at radius 1 is 1.17 bits per heavy atom. The van der Waals surface area contributed by atoms with Gasteiger partial charge in [0.25, 0.3) is 0 Å². The predicted molar refractivity (Wildman–Crippen MR) is 73.7 cm³/mol. The summed E-state index contributed by atoms with van der Waals surface area (Å²) in [6, 6.07) is 0. The molecule has 0 aliphatic rings. The summed E-state index contributed by atoms with van der Waals surface area (Å²) >= 11 is 0. The molecule has 0 radical (unpaired) electrons. The Morgan fingerprint density at radius 2 is 1.78 bits per heavy atom. The Hall–Kier alpha value is -1.26. The van der Waals surface area contributed by atoms with Crippen LogP contribution in [0.4, 0.5) is 0 Å². The third-order valence-corrected chi connectivity index (χ3v) is 2.96. The predicted octanol–water partition coefficient (Wildman–Crippen LogP) is 2.33. The van der Waals surface area contributed by atoms with Gasteiger partial charge in [0.15, 0.2) is 5.84 Å². The fourth-order valence-electron chi connectivity index (χ4n) is 1.82. The molecular weight excluding hydrogens is 230 g/mol. The van der Waals surface area contributed by atoms with Crippen molar-refractivity contribution in [1.82, 2.24) is 4.90 Å². The summed E-state index contributed by atoms with van der Waals surface area (Å²) in [5, 5.41) is 11.4. The van der Waals surface area contributed by atoms with Gasteiger partial charge < -0.3 is 15.8 Å². The largest absolute Gasteiger partial charge is 0.409 e. The molecule has 18 heavy (non-hydrogen) atoms. The van der Waals surface area contributed by atoms with E-state index in [9.17, 15) is 4.79 Å². The fraction of sp³-hybridized carbons (Fsp3) is 0.846. The van der Waals surface area contributed by atoms with Crippen LogP contribution in [0.2, 0.25) is 0 Å². The van der Waals surface area contributed by atoms with E-state index >= 15 is 0 Å². The second kappa shape index (κ2) is 10.9. The topological polar surface area (TPSA) is 78.9 Å². The molecule has 0 aromatic heterocycles. The van der Waals surface area contributed by atoms with Crippen LogP contribution in [0.5, 0.6) is 0 Å². The van der Waals surface area contributed by atoms with Gasteiger partial charge in [-0.3, -0.25) is 4.79 Å². The first-order valence-corrected chi connectivity index (χ1v) is 6.89. The first-order valence-electron chi connectivity index (χ1n) is 6.89. The second-order valence-corrected chi connectivity index (χ2v) is 4.52. The van der Waals surface area contributed by atoms with Gasteiger partial charge in [0, 0.05) is 13.0 Å². The van der Waals surface area contributed by atoms with Gasteiger partial charge in [-0.05, 0) is 13.3 Å². The summed E-state index contributed by atoms with van der Waals surface area (Å²) in [7, 11) is 0. The number of hydrogen-bond acceptors (Lipinski definition) is 3. The zero-order valence-electron chi connectivity index (χ0n) is 11.7. The van der Waals surface area contributed by atoms with Gasteiger partial charge in [0.05, 0.1) is 6.54 Å². The molecule has 0 fully saturated rings. The quantitative estimate of drug-likeness (QED) is 0.207. The smallest absolute Gasteiger partial charge is 0.222 e. The Kier molecular flexibility index (Phi) is 10.1. The molecule has 0 saturated carbocycles. The maximum atomic E-state index is 11.8. The van der Waals surface area contributed by atoms with Crippen molar-refractivity contribution in [3.63, 3.8) is 0 Å². The molecule has 0 saturated heterocycles. The minimum Gasteiger partial charge on any atom is -0.409 e. The van der Waals surface area contributed by atoms with Crippen molar-refractivity contribution < 1.29 is 10.0 Å². The summed E-state index contributed by atoms with van der Waals surface area (Å²) in [4.78, 5) is 13.5. The number of unbranched alkanes of at least 4 members (excludes halogenated alkanes) is 5. The number of hydrogen-bond donors (Lipinski definition) is 2. The van der Waals surface area contributed by atoms with Gasteiger partial charge in [-0.15, -0.1) is 0 Å². The lowest BCUT2D eigenvalue weighted by molar-refractivity contribution is -0.130. The van der Waals surface area contributed by atoms with E-state index in [1.165, 1.54) is 25.7 Å². The van der Waals surface area contributed by atoms with Crippen molar-refractivity contribution in [3.05, 3.63) is 0 Å². The van der Waals surface area contributed by atoms with Crippen LogP contribution < -0.4 is 5.73 Å². The summed E-state index contributed by atoms with van der Waals surface area (Å²) in [5.41, 5.74) is 5.40. The SMILES string of the molecule is CCCCCCCCC(=O)N(CC)CC(N)=NO. The Balaban J connectivity index is 3.77. The fourth-order valence-corrected chi connectivity index (χ4v) is 1.82. The van der Waals surface area contributed by atoms with Crippen molar-refractivity contribution in [1.29, 1.82) is 0 Å². The molecule has 0 aromatic carbocycles. The highest BCUT2D eigenvalue weighted by molar-refractivity contribution is 5.86. The van der Waals surface area contributed by atoms with E-state index in [1.54, 1.807) is 4.90 Å². The van der Waals surface area contributed by atoms with E-state index in [0.29, 0.717) is 13.0 Å². The van der Waals surface area contributed by atoms with E-state index in [2.05, 4.69) is 12.1 Å². The Labute approximate surface area is 110 Å². The molecule has 0 bridgehead atoms. The average Bonchev–Trinajstić information content (AvgIpc) is 2.39. The van der Waals surface area contributed by atoms with E-state index < -0.39 is 0 Å². The zero-order chi connectivity index (χ0) is 13.8. The van der Waals surface area contributed by atoms with E-state index in [-0.39, 0.29) is 18.3 Å². The number of carbonyl (C=O) groups is 1. The molecular formula is C13H27N3O2. The zero-order valence-corrected chi connectivity index (χ0v) is 11.7. The number of rotatable bonds is 10. The van der Waals surface area contributed by atoms with E-state index in [0.717, 1.165) is 12.8 Å². The van der Waals surface area contributed by atoms with Crippen LogP contribution in [0.15, 0.2) is 5.16 Å². The lowest BCUT2D eigenvalue weighted by Crippen LogP contribution is -2.38.